The summed E-state index contributed by atoms with van der Waals surface area (Å²) in [7, 11) is 1.40. The number of nitrogens with zero attached hydrogens (tertiary/aromatic N) is 2. The first-order chi connectivity index (χ1) is 12.5. The third kappa shape index (κ3) is 3.07. The Morgan fingerprint density at radius 1 is 1.31 bits per heavy atom. The van der Waals surface area contributed by atoms with Crippen LogP contribution in [0.5, 0.6) is 0 Å². The van der Waals surface area contributed by atoms with Gasteiger partial charge < -0.3 is 4.74 Å². The number of methoxy groups -OCH3 is 1. The number of ether oxygens (including phenoxy) is 1. The van der Waals surface area contributed by atoms with Crippen molar-refractivity contribution in [2.45, 2.75) is 38.0 Å². The number of rotatable bonds is 3. The summed E-state index contributed by atoms with van der Waals surface area (Å²) in [4.78, 5) is 25.3. The van der Waals surface area contributed by atoms with Crippen LogP contribution in [0, 0.1) is 9.62 Å². The van der Waals surface area contributed by atoms with E-state index in [0.717, 1.165) is 46.2 Å². The number of aromatic nitrogens is 2. The molecule has 0 aliphatic heterocycles. The van der Waals surface area contributed by atoms with Gasteiger partial charge in [-0.2, -0.15) is 9.78 Å². The van der Waals surface area contributed by atoms with Crippen LogP contribution in [-0.4, -0.2) is 28.8 Å². The molecule has 136 valence electrons. The van der Waals surface area contributed by atoms with Crippen molar-refractivity contribution in [1.82, 2.24) is 9.78 Å². The minimum absolute atomic E-state index is 0.206. The van der Waals surface area contributed by atoms with E-state index in [1.807, 2.05) is 12.1 Å². The van der Waals surface area contributed by atoms with E-state index in [1.54, 1.807) is 6.07 Å². The number of carbonyl (C=O) groups is 2. The summed E-state index contributed by atoms with van der Waals surface area (Å²) in [5.74, 6) is -0.272. The standard InChI is InChI=1S/C19H18ClIN2O3/c1-26-19(25)11-7-8-13-15(9-11)23(22-17(13)21)18(24)16-12(10-5-6-10)3-2-4-14(16)20/h2-4,10-11H,5-9H2,1H3/t11-/m0/s1. The Hall–Kier alpha value is -1.41. The number of benzene rings is 1. The monoisotopic (exact) mass is 484 g/mol. The molecule has 1 fully saturated rings. The molecule has 0 spiro atoms. The lowest BCUT2D eigenvalue weighted by molar-refractivity contribution is -0.145. The van der Waals surface area contributed by atoms with Gasteiger partial charge in [0.05, 0.1) is 29.3 Å². The first-order valence-electron chi connectivity index (χ1n) is 8.68. The van der Waals surface area contributed by atoms with Gasteiger partial charge in [0.25, 0.3) is 5.91 Å². The van der Waals surface area contributed by atoms with Gasteiger partial charge in [-0.25, -0.2) is 0 Å². The SMILES string of the molecule is COC(=O)[C@H]1CCc2c(I)nn(C(=O)c3c(Cl)cccc3C3CC3)c2C1. The van der Waals surface area contributed by atoms with Gasteiger partial charge in [-0.05, 0) is 65.8 Å². The maximum Gasteiger partial charge on any atom is 0.309 e. The molecule has 4 rings (SSSR count). The van der Waals surface area contributed by atoms with Gasteiger partial charge in [-0.3, -0.25) is 9.59 Å². The summed E-state index contributed by atoms with van der Waals surface area (Å²) >= 11 is 8.56. The molecule has 0 bridgehead atoms. The summed E-state index contributed by atoms with van der Waals surface area (Å²) in [6.07, 6.45) is 4.07. The molecule has 1 aromatic carbocycles. The average molecular weight is 485 g/mol. The average Bonchev–Trinajstić information content (AvgIpc) is 3.44. The van der Waals surface area contributed by atoms with Gasteiger partial charge in [0.2, 0.25) is 0 Å². The number of esters is 1. The smallest absolute Gasteiger partial charge is 0.309 e. The molecule has 2 aliphatic rings. The van der Waals surface area contributed by atoms with Crippen molar-refractivity contribution in [2.24, 2.45) is 5.92 Å². The zero-order chi connectivity index (χ0) is 18.4. The van der Waals surface area contributed by atoms with Crippen LogP contribution in [0.2, 0.25) is 5.02 Å². The molecule has 1 atom stereocenters. The summed E-state index contributed by atoms with van der Waals surface area (Å²) in [5, 5.41) is 4.95. The topological polar surface area (TPSA) is 61.2 Å². The van der Waals surface area contributed by atoms with Crippen molar-refractivity contribution in [3.63, 3.8) is 0 Å². The molecule has 0 radical (unpaired) electrons. The molecule has 0 saturated heterocycles. The molecule has 2 aliphatic carbocycles. The summed E-state index contributed by atoms with van der Waals surface area (Å²) in [6.45, 7) is 0. The largest absolute Gasteiger partial charge is 0.469 e. The second-order valence-electron chi connectivity index (χ2n) is 6.87. The van der Waals surface area contributed by atoms with Crippen LogP contribution in [0.25, 0.3) is 0 Å². The van der Waals surface area contributed by atoms with Crippen molar-refractivity contribution in [3.05, 3.63) is 49.3 Å². The van der Waals surface area contributed by atoms with Crippen LogP contribution in [0.1, 0.15) is 52.4 Å². The van der Waals surface area contributed by atoms with Crippen molar-refractivity contribution in [3.8, 4) is 0 Å². The molecule has 2 aromatic rings. The van der Waals surface area contributed by atoms with Crippen molar-refractivity contribution < 1.29 is 14.3 Å². The van der Waals surface area contributed by atoms with E-state index in [1.165, 1.54) is 11.8 Å². The van der Waals surface area contributed by atoms with Crippen molar-refractivity contribution in [1.29, 1.82) is 0 Å². The lowest BCUT2D eigenvalue weighted by Crippen LogP contribution is -2.27. The van der Waals surface area contributed by atoms with Crippen LogP contribution >= 0.6 is 34.2 Å². The number of carbonyl (C=O) groups excluding carboxylic acids is 2. The fourth-order valence-electron chi connectivity index (χ4n) is 3.71. The van der Waals surface area contributed by atoms with Crippen molar-refractivity contribution >= 4 is 46.1 Å². The molecule has 0 amide bonds. The molecule has 1 heterocycles. The second-order valence-corrected chi connectivity index (χ2v) is 8.30. The number of halogens is 2. The first kappa shape index (κ1) is 18.0. The number of fused-ring (bicyclic) bond motifs is 1. The molecular weight excluding hydrogens is 467 g/mol. The predicted molar refractivity (Wildman–Crippen MR) is 106 cm³/mol. The first-order valence-corrected chi connectivity index (χ1v) is 10.1. The van der Waals surface area contributed by atoms with E-state index in [9.17, 15) is 9.59 Å². The normalized spacial score (nSPS) is 19.1. The summed E-state index contributed by atoms with van der Waals surface area (Å²) in [6, 6.07) is 5.62. The lowest BCUT2D eigenvalue weighted by atomic mass is 9.88. The highest BCUT2D eigenvalue weighted by Crippen LogP contribution is 2.43. The van der Waals surface area contributed by atoms with Crippen LogP contribution in [0.15, 0.2) is 18.2 Å². The molecule has 0 unspecified atom stereocenters. The van der Waals surface area contributed by atoms with Gasteiger partial charge in [0.15, 0.2) is 0 Å². The Bertz CT molecular complexity index is 904. The summed E-state index contributed by atoms with van der Waals surface area (Å²) < 4.78 is 7.17. The molecular formula is C19H18ClIN2O3. The van der Waals surface area contributed by atoms with E-state index in [-0.39, 0.29) is 17.8 Å². The van der Waals surface area contributed by atoms with Gasteiger partial charge in [0, 0.05) is 12.0 Å². The van der Waals surface area contributed by atoms with Crippen LogP contribution in [0.3, 0.4) is 0 Å². The van der Waals surface area contributed by atoms with E-state index in [0.29, 0.717) is 22.9 Å². The molecule has 5 nitrogen and oxygen atoms in total. The molecule has 1 saturated carbocycles. The van der Waals surface area contributed by atoms with E-state index < -0.39 is 0 Å². The van der Waals surface area contributed by atoms with Crippen LogP contribution < -0.4 is 0 Å². The van der Waals surface area contributed by atoms with Gasteiger partial charge in [-0.15, -0.1) is 0 Å². The van der Waals surface area contributed by atoms with Crippen molar-refractivity contribution in [2.75, 3.05) is 7.11 Å². The zero-order valence-corrected chi connectivity index (χ0v) is 17.2. The highest BCUT2D eigenvalue weighted by Gasteiger charge is 2.34. The Labute approximate surface area is 170 Å². The van der Waals surface area contributed by atoms with Gasteiger partial charge in [-0.1, -0.05) is 23.7 Å². The Morgan fingerprint density at radius 2 is 2.08 bits per heavy atom. The van der Waals surface area contributed by atoms with Gasteiger partial charge >= 0.3 is 5.97 Å². The maximum absolute atomic E-state index is 13.3. The minimum atomic E-state index is -0.235. The lowest BCUT2D eigenvalue weighted by Gasteiger charge is -2.21. The zero-order valence-electron chi connectivity index (χ0n) is 14.3. The van der Waals surface area contributed by atoms with Crippen LogP contribution in [0.4, 0.5) is 0 Å². The Kier molecular flexibility index (Phi) is 4.81. The summed E-state index contributed by atoms with van der Waals surface area (Å²) in [5.41, 5.74) is 3.41. The van der Waals surface area contributed by atoms with Crippen LogP contribution in [-0.2, 0) is 22.4 Å². The van der Waals surface area contributed by atoms with E-state index in [2.05, 4.69) is 27.7 Å². The number of hydrogen-bond donors (Lipinski definition) is 0. The quantitative estimate of drug-likeness (QED) is 0.488. The van der Waals surface area contributed by atoms with Gasteiger partial charge in [0.1, 0.15) is 3.70 Å². The third-order valence-corrected chi connectivity index (χ3v) is 6.41. The van der Waals surface area contributed by atoms with E-state index >= 15 is 0 Å². The predicted octanol–water partition coefficient (Wildman–Crippen LogP) is 3.98. The molecule has 7 heteroatoms. The molecule has 26 heavy (non-hydrogen) atoms. The fraction of sp³-hybridized carbons (Fsp3) is 0.421. The third-order valence-electron chi connectivity index (χ3n) is 5.23. The maximum atomic E-state index is 13.3. The fourth-order valence-corrected chi connectivity index (χ4v) is 4.77. The highest BCUT2D eigenvalue weighted by atomic mass is 127. The second kappa shape index (κ2) is 6.96. The molecule has 1 aromatic heterocycles. The highest BCUT2D eigenvalue weighted by molar-refractivity contribution is 14.1. The Balaban J connectivity index is 1.76. The Morgan fingerprint density at radius 3 is 2.77 bits per heavy atom. The van der Waals surface area contributed by atoms with E-state index in [4.69, 9.17) is 16.3 Å². The minimum Gasteiger partial charge on any atom is -0.469 e. The number of hydrogen-bond acceptors (Lipinski definition) is 4. The molecule has 0 N–H and O–H groups in total.